The van der Waals surface area contributed by atoms with Gasteiger partial charge in [-0.3, -0.25) is 0 Å². The maximum absolute atomic E-state index is 14.2. The number of aromatic nitrogens is 5. The molecule has 1 atom stereocenters. The number of methoxy groups -OCH3 is 1. The van der Waals surface area contributed by atoms with Crippen molar-refractivity contribution in [3.63, 3.8) is 0 Å². The van der Waals surface area contributed by atoms with E-state index in [1.54, 1.807) is 6.07 Å². The van der Waals surface area contributed by atoms with E-state index in [1.807, 2.05) is 0 Å². The molecule has 5 rings (SSSR count). The van der Waals surface area contributed by atoms with Crippen molar-refractivity contribution in [2.75, 3.05) is 30.8 Å². The molecule has 1 fully saturated rings. The van der Waals surface area contributed by atoms with Gasteiger partial charge in [0, 0.05) is 31.1 Å². The van der Waals surface area contributed by atoms with Crippen molar-refractivity contribution in [2.45, 2.75) is 25.4 Å². The van der Waals surface area contributed by atoms with Crippen LogP contribution >= 0.6 is 0 Å². The number of nitrogens with zero attached hydrogens (tertiary/aromatic N) is 6. The molecule has 0 bridgehead atoms. The first-order chi connectivity index (χ1) is 15.9. The van der Waals surface area contributed by atoms with Crippen molar-refractivity contribution in [2.24, 2.45) is 0 Å². The summed E-state index contributed by atoms with van der Waals surface area (Å²) in [6, 6.07) is 5.68. The van der Waals surface area contributed by atoms with Crippen LogP contribution in [0.3, 0.4) is 0 Å². The van der Waals surface area contributed by atoms with Crippen LogP contribution in [0.15, 0.2) is 30.5 Å². The summed E-state index contributed by atoms with van der Waals surface area (Å²) in [4.78, 5) is 15.0. The molecule has 4 aromatic rings. The molecule has 1 aromatic carbocycles. The third-order valence-corrected chi connectivity index (χ3v) is 5.65. The average Bonchev–Trinajstić information content (AvgIpc) is 3.26. The zero-order chi connectivity index (χ0) is 23.1. The van der Waals surface area contributed by atoms with E-state index in [-0.39, 0.29) is 23.5 Å². The second kappa shape index (κ2) is 8.26. The Morgan fingerprint density at radius 1 is 1.21 bits per heavy atom. The molecule has 2 N–H and O–H groups in total. The summed E-state index contributed by atoms with van der Waals surface area (Å²) in [5, 5.41) is 5.01. The minimum Gasteiger partial charge on any atom is -0.494 e. The van der Waals surface area contributed by atoms with Crippen LogP contribution in [0.25, 0.3) is 16.6 Å². The largest absolute Gasteiger partial charge is 0.494 e. The second-order valence-electron chi connectivity index (χ2n) is 7.70. The van der Waals surface area contributed by atoms with E-state index in [2.05, 4.69) is 29.7 Å². The third kappa shape index (κ3) is 3.92. The summed E-state index contributed by atoms with van der Waals surface area (Å²) in [5.74, 6) is 0.303. The van der Waals surface area contributed by atoms with Gasteiger partial charge < -0.3 is 20.1 Å². The molecule has 0 aliphatic carbocycles. The van der Waals surface area contributed by atoms with Crippen molar-refractivity contribution < 1.29 is 22.6 Å². The average molecular weight is 459 g/mol. The molecule has 0 saturated carbocycles. The number of hydrogen-bond donors (Lipinski definition) is 1. The maximum atomic E-state index is 14.2. The van der Waals surface area contributed by atoms with Gasteiger partial charge in [0.1, 0.15) is 17.1 Å². The van der Waals surface area contributed by atoms with Gasteiger partial charge in [0.25, 0.3) is 0 Å². The van der Waals surface area contributed by atoms with Crippen molar-refractivity contribution in [1.29, 1.82) is 0 Å². The van der Waals surface area contributed by atoms with Gasteiger partial charge in [-0.05, 0) is 25.0 Å². The Morgan fingerprint density at radius 2 is 2.06 bits per heavy atom. The number of anilines is 2. The highest BCUT2D eigenvalue weighted by Gasteiger charge is 2.27. The van der Waals surface area contributed by atoms with Gasteiger partial charge in [0.2, 0.25) is 11.8 Å². The number of benzene rings is 1. The molecule has 0 spiro atoms. The van der Waals surface area contributed by atoms with Crippen molar-refractivity contribution in [1.82, 2.24) is 24.6 Å². The van der Waals surface area contributed by atoms with Gasteiger partial charge in [-0.25, -0.2) is 19.3 Å². The minimum absolute atomic E-state index is 0.0273. The van der Waals surface area contributed by atoms with Crippen LogP contribution in [0, 0.1) is 5.82 Å². The van der Waals surface area contributed by atoms with Gasteiger partial charge in [-0.15, -0.1) is 5.10 Å². The SMILES string of the molecule is COc1cc(F)cc2c1nc(N)n1nc(C3CCCN(c4ccc(OC(F)F)nc4)C3)nc21. The van der Waals surface area contributed by atoms with Crippen LogP contribution in [-0.2, 0) is 0 Å². The second-order valence-corrected chi connectivity index (χ2v) is 7.70. The minimum atomic E-state index is -2.92. The highest BCUT2D eigenvalue weighted by molar-refractivity contribution is 5.95. The fraction of sp³-hybridized carbons (Fsp3) is 0.333. The first-order valence-corrected chi connectivity index (χ1v) is 10.3. The van der Waals surface area contributed by atoms with Crippen LogP contribution < -0.4 is 20.1 Å². The molecule has 3 aromatic heterocycles. The van der Waals surface area contributed by atoms with Crippen LogP contribution in [0.4, 0.5) is 24.8 Å². The molecule has 172 valence electrons. The van der Waals surface area contributed by atoms with Gasteiger partial charge in [-0.2, -0.15) is 13.3 Å². The van der Waals surface area contributed by atoms with Gasteiger partial charge in [0.15, 0.2) is 11.5 Å². The predicted molar refractivity (Wildman–Crippen MR) is 114 cm³/mol. The molecule has 33 heavy (non-hydrogen) atoms. The Labute approximate surface area is 186 Å². The Bertz CT molecular complexity index is 1310. The Balaban J connectivity index is 1.47. The van der Waals surface area contributed by atoms with Crippen molar-refractivity contribution in [3.05, 3.63) is 42.1 Å². The zero-order valence-electron chi connectivity index (χ0n) is 17.6. The van der Waals surface area contributed by atoms with E-state index in [0.29, 0.717) is 28.9 Å². The van der Waals surface area contributed by atoms with Gasteiger partial charge in [0.05, 0.1) is 24.4 Å². The van der Waals surface area contributed by atoms with Crippen LogP contribution in [0.5, 0.6) is 11.6 Å². The smallest absolute Gasteiger partial charge is 0.388 e. The van der Waals surface area contributed by atoms with E-state index in [4.69, 9.17) is 10.5 Å². The summed E-state index contributed by atoms with van der Waals surface area (Å²) in [7, 11) is 1.43. The fourth-order valence-electron chi connectivity index (χ4n) is 4.16. The summed E-state index contributed by atoms with van der Waals surface area (Å²) >= 11 is 0. The zero-order valence-corrected chi connectivity index (χ0v) is 17.6. The molecule has 9 nitrogen and oxygen atoms in total. The van der Waals surface area contributed by atoms with E-state index in [1.165, 1.54) is 36.0 Å². The lowest BCUT2D eigenvalue weighted by molar-refractivity contribution is -0.0528. The lowest BCUT2D eigenvalue weighted by atomic mass is 9.97. The number of nitrogens with two attached hydrogens (primary N) is 1. The number of nitrogen functional groups attached to an aromatic ring is 1. The lowest BCUT2D eigenvalue weighted by Crippen LogP contribution is -2.34. The number of alkyl halides is 2. The van der Waals surface area contributed by atoms with E-state index in [9.17, 15) is 13.2 Å². The molecular weight excluding hydrogens is 439 g/mol. The fourth-order valence-corrected chi connectivity index (χ4v) is 4.16. The molecule has 0 amide bonds. The number of halogens is 3. The van der Waals surface area contributed by atoms with Crippen molar-refractivity contribution >= 4 is 28.2 Å². The molecule has 4 heterocycles. The molecule has 0 radical (unpaired) electrons. The molecular formula is C21H20F3N7O2. The number of hydrogen-bond acceptors (Lipinski definition) is 8. The van der Waals surface area contributed by atoms with Crippen LogP contribution in [0.2, 0.25) is 0 Å². The maximum Gasteiger partial charge on any atom is 0.388 e. The topological polar surface area (TPSA) is 104 Å². The van der Waals surface area contributed by atoms with E-state index >= 15 is 0 Å². The normalized spacial score (nSPS) is 16.6. The number of rotatable bonds is 5. The Kier molecular flexibility index (Phi) is 5.27. The number of piperidine rings is 1. The first kappa shape index (κ1) is 21.0. The Hall–Kier alpha value is -3.83. The summed E-state index contributed by atoms with van der Waals surface area (Å²) in [6.45, 7) is -1.55. The highest BCUT2D eigenvalue weighted by Crippen LogP contribution is 2.32. The van der Waals surface area contributed by atoms with Gasteiger partial charge in [-0.1, -0.05) is 0 Å². The van der Waals surface area contributed by atoms with Crippen molar-refractivity contribution in [3.8, 4) is 11.6 Å². The third-order valence-electron chi connectivity index (χ3n) is 5.65. The first-order valence-electron chi connectivity index (χ1n) is 10.3. The number of ether oxygens (including phenoxy) is 2. The summed E-state index contributed by atoms with van der Waals surface area (Å²) in [5.41, 5.74) is 7.70. The van der Waals surface area contributed by atoms with Crippen LogP contribution in [-0.4, -0.2) is 51.4 Å². The predicted octanol–water partition coefficient (Wildman–Crippen LogP) is 3.39. The van der Waals surface area contributed by atoms with E-state index < -0.39 is 12.4 Å². The molecule has 1 aliphatic heterocycles. The van der Waals surface area contributed by atoms with E-state index in [0.717, 1.165) is 25.1 Å². The molecule has 1 saturated heterocycles. The monoisotopic (exact) mass is 459 g/mol. The molecule has 12 heteroatoms. The quantitative estimate of drug-likeness (QED) is 0.485. The van der Waals surface area contributed by atoms with Crippen LogP contribution in [0.1, 0.15) is 24.6 Å². The number of fused-ring (bicyclic) bond motifs is 3. The molecule has 1 aliphatic rings. The summed E-state index contributed by atoms with van der Waals surface area (Å²) in [6.07, 6.45) is 3.21. The number of pyridine rings is 1. The standard InChI is InChI=1S/C21H20F3N7O2/c1-32-15-8-12(22)7-14-17(15)27-21(25)31-19(14)28-18(29-31)11-3-2-6-30(10-11)13-4-5-16(26-9-13)33-20(23)24/h4-5,7-9,11,20H,2-3,6,10H2,1H3,(H2,25,27). The Morgan fingerprint density at radius 3 is 2.79 bits per heavy atom. The van der Waals surface area contributed by atoms with Gasteiger partial charge >= 0.3 is 6.61 Å². The molecule has 1 unspecified atom stereocenters. The lowest BCUT2D eigenvalue weighted by Gasteiger charge is -2.33. The summed E-state index contributed by atoms with van der Waals surface area (Å²) < 4.78 is 49.9. The highest BCUT2D eigenvalue weighted by atomic mass is 19.3.